The Hall–Kier alpha value is -0.220. The summed E-state index contributed by atoms with van der Waals surface area (Å²) in [6.45, 7) is 2.77. The van der Waals surface area contributed by atoms with Gasteiger partial charge in [0, 0.05) is 6.04 Å². The summed E-state index contributed by atoms with van der Waals surface area (Å²) in [5, 5.41) is 3.20. The average molecular weight is 208 g/mol. The molecule has 0 saturated heterocycles. The third kappa shape index (κ3) is 7.21. The molecule has 14 heavy (non-hydrogen) atoms. The summed E-state index contributed by atoms with van der Waals surface area (Å²) in [7, 11) is 3.68. The van der Waals surface area contributed by atoms with Crippen LogP contribution in [0.4, 0.5) is 8.78 Å². The Morgan fingerprint density at radius 2 is 2.00 bits per heavy atom. The summed E-state index contributed by atoms with van der Waals surface area (Å²) < 4.78 is 23.9. The van der Waals surface area contributed by atoms with Crippen molar-refractivity contribution in [2.24, 2.45) is 0 Å². The summed E-state index contributed by atoms with van der Waals surface area (Å²) in [5.74, 6) is 0. The Labute approximate surface area is 85.7 Å². The molecule has 0 aliphatic carbocycles. The molecule has 0 aliphatic rings. The molecule has 1 atom stereocenters. The van der Waals surface area contributed by atoms with E-state index in [2.05, 4.69) is 12.2 Å². The Bertz CT molecular complexity index is 127. The second kappa shape index (κ2) is 8.12. The molecule has 0 aromatic heterocycles. The highest BCUT2D eigenvalue weighted by Crippen LogP contribution is 2.03. The molecular weight excluding hydrogens is 186 g/mol. The lowest BCUT2D eigenvalue weighted by Gasteiger charge is -2.18. The Kier molecular flexibility index (Phi) is 7.99. The van der Waals surface area contributed by atoms with Crippen molar-refractivity contribution in [3.8, 4) is 0 Å². The lowest BCUT2D eigenvalue weighted by Crippen LogP contribution is -2.28. The summed E-state index contributed by atoms with van der Waals surface area (Å²) in [6, 6.07) is 0.523. The van der Waals surface area contributed by atoms with Gasteiger partial charge < -0.3 is 10.2 Å². The fourth-order valence-electron chi connectivity index (χ4n) is 1.49. The molecule has 0 aliphatic heterocycles. The Morgan fingerprint density at radius 1 is 1.36 bits per heavy atom. The van der Waals surface area contributed by atoms with Gasteiger partial charge in [-0.25, -0.2) is 8.78 Å². The zero-order valence-electron chi connectivity index (χ0n) is 9.39. The minimum Gasteiger partial charge on any atom is -0.317 e. The lowest BCUT2D eigenvalue weighted by molar-refractivity contribution is 0.0993. The van der Waals surface area contributed by atoms with Crippen molar-refractivity contribution in [2.75, 3.05) is 27.2 Å². The molecule has 0 radical (unpaired) electrons. The van der Waals surface area contributed by atoms with Crippen molar-refractivity contribution < 1.29 is 8.78 Å². The Balaban J connectivity index is 3.42. The lowest BCUT2D eigenvalue weighted by atomic mass is 10.1. The average Bonchev–Trinajstić information content (AvgIpc) is 2.11. The van der Waals surface area contributed by atoms with Crippen molar-refractivity contribution in [1.29, 1.82) is 0 Å². The first-order valence-corrected chi connectivity index (χ1v) is 5.24. The topological polar surface area (TPSA) is 15.3 Å². The molecule has 0 bridgehead atoms. The monoisotopic (exact) mass is 208 g/mol. The van der Waals surface area contributed by atoms with Gasteiger partial charge in [0.25, 0.3) is 6.43 Å². The molecule has 0 saturated carbocycles. The summed E-state index contributed by atoms with van der Waals surface area (Å²) in [6.07, 6.45) is 0.907. The van der Waals surface area contributed by atoms with Crippen LogP contribution in [-0.4, -0.2) is 44.6 Å². The summed E-state index contributed by atoms with van der Waals surface area (Å²) in [4.78, 5) is 1.69. The van der Waals surface area contributed by atoms with Gasteiger partial charge in [-0.15, -0.1) is 0 Å². The van der Waals surface area contributed by atoms with E-state index in [0.29, 0.717) is 6.04 Å². The van der Waals surface area contributed by atoms with Crippen LogP contribution in [-0.2, 0) is 0 Å². The maximum absolute atomic E-state index is 11.9. The first kappa shape index (κ1) is 13.8. The molecule has 0 amide bonds. The molecule has 0 heterocycles. The van der Waals surface area contributed by atoms with Crippen LogP contribution in [0.1, 0.15) is 26.2 Å². The van der Waals surface area contributed by atoms with E-state index in [0.717, 1.165) is 25.8 Å². The van der Waals surface area contributed by atoms with Crippen LogP contribution < -0.4 is 5.32 Å². The number of rotatable bonds is 8. The maximum atomic E-state index is 11.9. The third-order valence-corrected chi connectivity index (χ3v) is 2.44. The summed E-state index contributed by atoms with van der Waals surface area (Å²) >= 11 is 0. The molecule has 0 aromatic carbocycles. The highest BCUT2D eigenvalue weighted by molar-refractivity contribution is 4.63. The van der Waals surface area contributed by atoms with E-state index in [4.69, 9.17) is 0 Å². The predicted molar refractivity (Wildman–Crippen MR) is 55.9 cm³/mol. The molecule has 0 spiro atoms. The van der Waals surface area contributed by atoms with Crippen molar-refractivity contribution in [1.82, 2.24) is 10.2 Å². The molecule has 1 unspecified atom stereocenters. The van der Waals surface area contributed by atoms with E-state index in [9.17, 15) is 8.78 Å². The first-order chi connectivity index (χ1) is 6.60. The predicted octanol–water partition coefficient (Wildman–Crippen LogP) is 1.96. The number of hydrogen-bond acceptors (Lipinski definition) is 2. The van der Waals surface area contributed by atoms with E-state index in [1.165, 1.54) is 0 Å². The fraction of sp³-hybridized carbons (Fsp3) is 1.00. The number of nitrogens with zero attached hydrogens (tertiary/aromatic N) is 1. The fourth-order valence-corrected chi connectivity index (χ4v) is 1.49. The van der Waals surface area contributed by atoms with E-state index < -0.39 is 6.43 Å². The number of halogens is 2. The first-order valence-electron chi connectivity index (χ1n) is 5.24. The van der Waals surface area contributed by atoms with Crippen molar-refractivity contribution in [3.05, 3.63) is 0 Å². The minimum absolute atomic E-state index is 0.115. The van der Waals surface area contributed by atoms with Crippen molar-refractivity contribution >= 4 is 0 Å². The van der Waals surface area contributed by atoms with Gasteiger partial charge in [0.15, 0.2) is 0 Å². The van der Waals surface area contributed by atoms with Crippen LogP contribution in [0, 0.1) is 0 Å². The third-order valence-electron chi connectivity index (χ3n) is 2.44. The zero-order valence-corrected chi connectivity index (χ0v) is 9.39. The highest BCUT2D eigenvalue weighted by Gasteiger charge is 2.08. The van der Waals surface area contributed by atoms with E-state index >= 15 is 0 Å². The van der Waals surface area contributed by atoms with E-state index in [1.807, 2.05) is 7.05 Å². The van der Waals surface area contributed by atoms with Crippen molar-refractivity contribution in [3.63, 3.8) is 0 Å². The van der Waals surface area contributed by atoms with E-state index in [-0.39, 0.29) is 6.54 Å². The SMILES string of the molecule is CCC(CCCN(C)CC(F)F)NC. The number of hydrogen-bond donors (Lipinski definition) is 1. The van der Waals surface area contributed by atoms with Gasteiger partial charge in [-0.2, -0.15) is 0 Å². The molecule has 1 N–H and O–H groups in total. The minimum atomic E-state index is -2.22. The van der Waals surface area contributed by atoms with Crippen LogP contribution in [0.15, 0.2) is 0 Å². The zero-order chi connectivity index (χ0) is 11.0. The van der Waals surface area contributed by atoms with Crippen molar-refractivity contribution in [2.45, 2.75) is 38.7 Å². The van der Waals surface area contributed by atoms with Crippen LogP contribution in [0.5, 0.6) is 0 Å². The van der Waals surface area contributed by atoms with Crippen LogP contribution >= 0.6 is 0 Å². The quantitative estimate of drug-likeness (QED) is 0.656. The van der Waals surface area contributed by atoms with Crippen LogP contribution in [0.3, 0.4) is 0 Å². The van der Waals surface area contributed by atoms with Crippen LogP contribution in [0.25, 0.3) is 0 Å². The maximum Gasteiger partial charge on any atom is 0.251 e. The normalized spacial score (nSPS) is 13.9. The largest absolute Gasteiger partial charge is 0.317 e. The highest BCUT2D eigenvalue weighted by atomic mass is 19.3. The van der Waals surface area contributed by atoms with Gasteiger partial charge in [0.2, 0.25) is 0 Å². The molecule has 0 rings (SSSR count). The van der Waals surface area contributed by atoms with E-state index in [1.54, 1.807) is 11.9 Å². The van der Waals surface area contributed by atoms with Gasteiger partial charge in [0.05, 0.1) is 6.54 Å². The standard InChI is InChI=1S/C10H22F2N2/c1-4-9(13-2)6-5-7-14(3)8-10(11)12/h9-10,13H,4-8H2,1-3H3. The van der Waals surface area contributed by atoms with Gasteiger partial charge in [0.1, 0.15) is 0 Å². The second-order valence-corrected chi connectivity index (χ2v) is 3.69. The molecule has 0 aromatic rings. The number of nitrogens with one attached hydrogen (secondary N) is 1. The Morgan fingerprint density at radius 3 is 2.43 bits per heavy atom. The molecule has 86 valence electrons. The smallest absolute Gasteiger partial charge is 0.251 e. The second-order valence-electron chi connectivity index (χ2n) is 3.69. The van der Waals surface area contributed by atoms with Crippen LogP contribution in [0.2, 0.25) is 0 Å². The summed E-state index contributed by atoms with van der Waals surface area (Å²) in [5.41, 5.74) is 0. The van der Waals surface area contributed by atoms with Gasteiger partial charge in [-0.1, -0.05) is 6.92 Å². The molecule has 0 fully saturated rings. The van der Waals surface area contributed by atoms with Gasteiger partial charge in [-0.05, 0) is 39.9 Å². The molecule has 2 nitrogen and oxygen atoms in total. The van der Waals surface area contributed by atoms with Gasteiger partial charge >= 0.3 is 0 Å². The molecular formula is C10H22F2N2. The number of alkyl halides is 2. The molecule has 4 heteroatoms. The van der Waals surface area contributed by atoms with Gasteiger partial charge in [-0.3, -0.25) is 0 Å².